The first kappa shape index (κ1) is 16.9. The monoisotopic (exact) mass is 381 g/mol. The van der Waals surface area contributed by atoms with E-state index in [1.54, 1.807) is 6.92 Å². The average molecular weight is 381 g/mol. The maximum absolute atomic E-state index is 13.9. The Bertz CT molecular complexity index is 1180. The van der Waals surface area contributed by atoms with Crippen molar-refractivity contribution >= 4 is 27.9 Å². The lowest BCUT2D eigenvalue weighted by Crippen LogP contribution is -2.28. The number of rotatable bonds is 4. The normalized spacial score (nSPS) is 19.8. The number of hydrogen-bond donors (Lipinski definition) is 2. The van der Waals surface area contributed by atoms with E-state index in [4.69, 9.17) is 4.42 Å². The van der Waals surface area contributed by atoms with Crippen LogP contribution in [0.1, 0.15) is 36.9 Å². The zero-order valence-corrected chi connectivity index (χ0v) is 15.0. The van der Waals surface area contributed by atoms with Gasteiger partial charge >= 0.3 is 0 Å². The van der Waals surface area contributed by atoms with Crippen molar-refractivity contribution < 1.29 is 18.0 Å². The van der Waals surface area contributed by atoms with Crippen molar-refractivity contribution in [3.8, 4) is 0 Å². The van der Waals surface area contributed by atoms with Crippen LogP contribution in [0.4, 0.5) is 8.78 Å². The molecule has 2 aromatic carbocycles. The summed E-state index contributed by atoms with van der Waals surface area (Å²) in [7, 11) is 0. The van der Waals surface area contributed by atoms with Crippen molar-refractivity contribution in [1.29, 1.82) is 0 Å². The number of aromatic nitrogens is 2. The first-order valence-electron chi connectivity index (χ1n) is 9.13. The number of halogens is 2. The van der Waals surface area contributed by atoms with E-state index < -0.39 is 17.7 Å². The largest absolute Gasteiger partial charge is 0.459 e. The third-order valence-corrected chi connectivity index (χ3v) is 5.24. The van der Waals surface area contributed by atoms with Crippen LogP contribution >= 0.6 is 0 Å². The predicted molar refractivity (Wildman–Crippen MR) is 99.6 cm³/mol. The smallest absolute Gasteiger partial charge is 0.224 e. The Hall–Kier alpha value is -3.22. The number of imidazole rings is 1. The van der Waals surface area contributed by atoms with Gasteiger partial charge in [0.2, 0.25) is 5.91 Å². The molecule has 1 fully saturated rings. The van der Waals surface area contributed by atoms with Crippen molar-refractivity contribution in [2.75, 3.05) is 0 Å². The molecule has 2 aromatic heterocycles. The molecule has 28 heavy (non-hydrogen) atoms. The van der Waals surface area contributed by atoms with Crippen molar-refractivity contribution in [2.24, 2.45) is 5.92 Å². The van der Waals surface area contributed by atoms with Gasteiger partial charge < -0.3 is 14.7 Å². The van der Waals surface area contributed by atoms with Crippen LogP contribution in [0.15, 0.2) is 46.9 Å². The molecule has 5 rings (SSSR count). The number of aromatic amines is 1. The summed E-state index contributed by atoms with van der Waals surface area (Å²) in [5.41, 5.74) is 1.96. The standard InChI is InChI=1S/C21H17F2N3O2/c1-10(18-9-14-15(23)6-11(22)7-19(14)28-18)24-21(27)13-8-12(13)20-25-16-4-2-3-5-17(16)26-20/h2-7,9-10,12-13H,8H2,1H3,(H,24,27)(H,25,26)/t10?,12-,13-/m0/s1. The second-order valence-corrected chi connectivity index (χ2v) is 7.27. The van der Waals surface area contributed by atoms with Crippen molar-refractivity contribution in [3.05, 3.63) is 65.7 Å². The maximum Gasteiger partial charge on any atom is 0.224 e. The Labute approximate surface area is 158 Å². The summed E-state index contributed by atoms with van der Waals surface area (Å²) >= 11 is 0. The highest BCUT2D eigenvalue weighted by molar-refractivity contribution is 5.84. The van der Waals surface area contributed by atoms with Crippen LogP contribution in [0, 0.1) is 17.6 Å². The molecule has 142 valence electrons. The third-order valence-electron chi connectivity index (χ3n) is 5.24. The molecule has 1 unspecified atom stereocenters. The van der Waals surface area contributed by atoms with Crippen LogP contribution in [0.25, 0.3) is 22.0 Å². The number of H-pyrrole nitrogens is 1. The zero-order valence-electron chi connectivity index (χ0n) is 15.0. The van der Waals surface area contributed by atoms with Gasteiger partial charge in [-0.05, 0) is 31.5 Å². The zero-order chi connectivity index (χ0) is 19.4. The summed E-state index contributed by atoms with van der Waals surface area (Å²) in [4.78, 5) is 20.4. The number of hydrogen-bond acceptors (Lipinski definition) is 3. The molecular formula is C21H17F2N3O2. The molecule has 1 aliphatic carbocycles. The van der Waals surface area contributed by atoms with Crippen LogP contribution in [-0.2, 0) is 4.79 Å². The number of carbonyl (C=O) groups is 1. The minimum absolute atomic E-state index is 0.0572. The average Bonchev–Trinajstić information content (AvgIpc) is 3.15. The Morgan fingerprint density at radius 3 is 2.93 bits per heavy atom. The van der Waals surface area contributed by atoms with Gasteiger partial charge in [0.05, 0.1) is 22.5 Å². The number of para-hydroxylation sites is 2. The summed E-state index contributed by atoms with van der Waals surface area (Å²) < 4.78 is 32.7. The van der Waals surface area contributed by atoms with Gasteiger partial charge in [0.25, 0.3) is 0 Å². The van der Waals surface area contributed by atoms with Crippen molar-refractivity contribution in [2.45, 2.75) is 25.3 Å². The van der Waals surface area contributed by atoms with Gasteiger partial charge in [-0.25, -0.2) is 13.8 Å². The highest BCUT2D eigenvalue weighted by Gasteiger charge is 2.46. The molecule has 0 saturated heterocycles. The molecule has 1 saturated carbocycles. The molecule has 1 aliphatic rings. The first-order valence-corrected chi connectivity index (χ1v) is 9.13. The Balaban J connectivity index is 1.30. The molecule has 0 radical (unpaired) electrons. The maximum atomic E-state index is 13.9. The Kier molecular flexibility index (Phi) is 3.72. The molecule has 2 N–H and O–H groups in total. The van der Waals surface area contributed by atoms with Gasteiger partial charge in [0.1, 0.15) is 28.8 Å². The second kappa shape index (κ2) is 6.15. The van der Waals surface area contributed by atoms with Gasteiger partial charge in [-0.1, -0.05) is 12.1 Å². The fourth-order valence-electron chi connectivity index (χ4n) is 3.62. The molecule has 0 spiro atoms. The van der Waals surface area contributed by atoms with Gasteiger partial charge in [-0.2, -0.15) is 0 Å². The highest BCUT2D eigenvalue weighted by Crippen LogP contribution is 2.47. The van der Waals surface area contributed by atoms with Gasteiger partial charge in [-0.15, -0.1) is 0 Å². The van der Waals surface area contributed by atoms with Crippen LogP contribution in [-0.4, -0.2) is 15.9 Å². The topological polar surface area (TPSA) is 70.9 Å². The summed E-state index contributed by atoms with van der Waals surface area (Å²) in [5, 5.41) is 3.09. The molecule has 1 amide bonds. The first-order chi connectivity index (χ1) is 13.5. The number of fused-ring (bicyclic) bond motifs is 2. The highest BCUT2D eigenvalue weighted by atomic mass is 19.1. The third kappa shape index (κ3) is 2.83. The molecule has 7 heteroatoms. The number of nitrogens with one attached hydrogen (secondary N) is 2. The van der Waals surface area contributed by atoms with Crippen LogP contribution in [0.5, 0.6) is 0 Å². The number of nitrogens with zero attached hydrogens (tertiary/aromatic N) is 1. The van der Waals surface area contributed by atoms with Crippen molar-refractivity contribution in [1.82, 2.24) is 15.3 Å². The minimum Gasteiger partial charge on any atom is -0.459 e. The van der Waals surface area contributed by atoms with E-state index in [-0.39, 0.29) is 28.7 Å². The predicted octanol–water partition coefficient (Wildman–Crippen LogP) is 4.57. The lowest BCUT2D eigenvalue weighted by Gasteiger charge is -2.11. The van der Waals surface area contributed by atoms with Crippen LogP contribution in [0.3, 0.4) is 0 Å². The van der Waals surface area contributed by atoms with Gasteiger partial charge in [0.15, 0.2) is 0 Å². The number of furan rings is 1. The molecule has 2 heterocycles. The summed E-state index contributed by atoms with van der Waals surface area (Å²) in [6.45, 7) is 1.75. The number of amides is 1. The van der Waals surface area contributed by atoms with Gasteiger partial charge in [-0.3, -0.25) is 4.79 Å². The quantitative estimate of drug-likeness (QED) is 0.544. The Morgan fingerprint density at radius 1 is 1.29 bits per heavy atom. The SMILES string of the molecule is CC(NC(=O)[C@H]1C[C@@H]1c1nc2ccccc2[nH]1)c1cc2c(F)cc(F)cc2o1. The summed E-state index contributed by atoms with van der Waals surface area (Å²) in [6, 6.07) is 10.7. The number of benzene rings is 2. The van der Waals surface area contributed by atoms with E-state index in [2.05, 4.69) is 15.3 Å². The molecule has 5 nitrogen and oxygen atoms in total. The van der Waals surface area contributed by atoms with E-state index in [1.165, 1.54) is 6.07 Å². The molecule has 3 atom stereocenters. The fourth-order valence-corrected chi connectivity index (χ4v) is 3.62. The summed E-state index contributed by atoms with van der Waals surface area (Å²) in [6.07, 6.45) is 0.721. The van der Waals surface area contributed by atoms with E-state index >= 15 is 0 Å². The molecule has 0 aliphatic heterocycles. The molecule has 4 aromatic rings. The van der Waals surface area contributed by atoms with Crippen LogP contribution in [0.2, 0.25) is 0 Å². The lowest BCUT2D eigenvalue weighted by atomic mass is 10.2. The van der Waals surface area contributed by atoms with E-state index in [0.29, 0.717) is 5.76 Å². The van der Waals surface area contributed by atoms with Crippen LogP contribution < -0.4 is 5.32 Å². The van der Waals surface area contributed by atoms with E-state index in [1.807, 2.05) is 24.3 Å². The Morgan fingerprint density at radius 2 is 2.11 bits per heavy atom. The molecule has 0 bridgehead atoms. The summed E-state index contributed by atoms with van der Waals surface area (Å²) in [5.74, 6) is -0.401. The number of carbonyl (C=O) groups excluding carboxylic acids is 1. The lowest BCUT2D eigenvalue weighted by molar-refractivity contribution is -0.123. The minimum atomic E-state index is -0.700. The second-order valence-electron chi connectivity index (χ2n) is 7.27. The van der Waals surface area contributed by atoms with E-state index in [9.17, 15) is 13.6 Å². The fraction of sp³-hybridized carbons (Fsp3) is 0.238. The van der Waals surface area contributed by atoms with Gasteiger partial charge in [0, 0.05) is 24.0 Å². The molecular weight excluding hydrogens is 364 g/mol. The van der Waals surface area contributed by atoms with Crippen molar-refractivity contribution in [3.63, 3.8) is 0 Å². The van der Waals surface area contributed by atoms with E-state index in [0.717, 1.165) is 35.4 Å².